The van der Waals surface area contributed by atoms with Crippen LogP contribution >= 0.6 is 11.3 Å². The highest BCUT2D eigenvalue weighted by Crippen LogP contribution is 2.52. The molecule has 5 heterocycles. The Hall–Kier alpha value is -4.90. The first kappa shape index (κ1) is 28.8. The van der Waals surface area contributed by atoms with E-state index in [-0.39, 0.29) is 23.1 Å². The van der Waals surface area contributed by atoms with Gasteiger partial charge in [-0.25, -0.2) is 19.3 Å². The van der Waals surface area contributed by atoms with Crippen molar-refractivity contribution in [3.05, 3.63) is 83.7 Å². The third kappa shape index (κ3) is 5.16. The van der Waals surface area contributed by atoms with Crippen LogP contribution in [0.5, 0.6) is 11.8 Å². The zero-order valence-electron chi connectivity index (χ0n) is 25.3. The highest BCUT2D eigenvalue weighted by molar-refractivity contribution is 7.21. The van der Waals surface area contributed by atoms with Gasteiger partial charge in [0.05, 0.1) is 6.20 Å². The Morgan fingerprint density at radius 3 is 2.67 bits per heavy atom. The maximum atomic E-state index is 15.7. The molecule has 228 valence electrons. The van der Waals surface area contributed by atoms with Crippen molar-refractivity contribution in [2.24, 2.45) is 12.5 Å². The number of thiophene rings is 1. The van der Waals surface area contributed by atoms with Crippen LogP contribution < -0.4 is 10.5 Å². The molecule has 1 aliphatic carbocycles. The lowest BCUT2D eigenvalue weighted by atomic mass is 9.69. The summed E-state index contributed by atoms with van der Waals surface area (Å²) in [5, 5.41) is 5.15. The number of carbonyl (C=O) groups is 1. The first-order valence-electron chi connectivity index (χ1n) is 14.7. The van der Waals surface area contributed by atoms with Gasteiger partial charge in [0.1, 0.15) is 5.82 Å². The van der Waals surface area contributed by atoms with E-state index in [1.807, 2.05) is 37.3 Å². The molecule has 0 bridgehead atoms. The van der Waals surface area contributed by atoms with Crippen LogP contribution in [0.25, 0.3) is 37.9 Å². The lowest BCUT2D eigenvalue weighted by Gasteiger charge is -2.52. The molecule has 0 atom stereocenters. The van der Waals surface area contributed by atoms with Crippen LogP contribution in [-0.2, 0) is 11.8 Å². The molecule has 1 amide bonds. The van der Waals surface area contributed by atoms with Gasteiger partial charge in [-0.1, -0.05) is 18.7 Å². The molecule has 0 unspecified atom stereocenters. The number of anilines is 1. The van der Waals surface area contributed by atoms with Gasteiger partial charge in [-0.15, -0.1) is 11.3 Å². The summed E-state index contributed by atoms with van der Waals surface area (Å²) < 4.78 is 24.1. The van der Waals surface area contributed by atoms with Crippen molar-refractivity contribution in [2.75, 3.05) is 18.8 Å². The number of carbonyl (C=O) groups excluding carboxylic acids is 1. The molecule has 1 aliphatic heterocycles. The van der Waals surface area contributed by atoms with E-state index in [1.165, 1.54) is 11.6 Å². The lowest BCUT2D eigenvalue weighted by molar-refractivity contribution is -0.139. The van der Waals surface area contributed by atoms with E-state index in [9.17, 15) is 4.79 Å². The average molecular weight is 622 g/mol. The molecular weight excluding hydrogens is 589 g/mol. The lowest BCUT2D eigenvalue weighted by Crippen LogP contribution is -2.58. The number of hydrogen-bond acceptors (Lipinski definition) is 8. The number of rotatable bonds is 6. The van der Waals surface area contributed by atoms with Crippen molar-refractivity contribution in [2.45, 2.75) is 33.1 Å². The summed E-state index contributed by atoms with van der Waals surface area (Å²) >= 11 is 1.64. The second-order valence-electron chi connectivity index (χ2n) is 12.1. The van der Waals surface area contributed by atoms with Crippen molar-refractivity contribution in [1.82, 2.24) is 29.6 Å². The summed E-state index contributed by atoms with van der Waals surface area (Å²) in [5.41, 5.74) is 12.5. The number of aromatic nitrogens is 5. The Kier molecular flexibility index (Phi) is 7.00. The topological polar surface area (TPSA) is 112 Å². The first-order chi connectivity index (χ1) is 21.6. The zero-order valence-corrected chi connectivity index (χ0v) is 26.1. The Labute approximate surface area is 263 Å². The van der Waals surface area contributed by atoms with Gasteiger partial charge in [0.15, 0.2) is 11.6 Å². The molecule has 2 aliphatic rings. The molecule has 1 spiro atoms. The van der Waals surface area contributed by atoms with E-state index in [0.717, 1.165) is 69.7 Å². The number of benzene rings is 1. The number of halogens is 1. The largest absolute Gasteiger partial charge is 0.421 e. The van der Waals surface area contributed by atoms with E-state index in [0.29, 0.717) is 17.0 Å². The highest BCUT2D eigenvalue weighted by atomic mass is 32.1. The minimum absolute atomic E-state index is 0.0246. The predicted molar refractivity (Wildman–Crippen MR) is 174 cm³/mol. The smallest absolute Gasteiger partial charge is 0.322 e. The Bertz CT molecular complexity index is 2040. The fourth-order valence-electron chi connectivity index (χ4n) is 6.32. The molecule has 1 fully saturated rings. The monoisotopic (exact) mass is 621 g/mol. The van der Waals surface area contributed by atoms with Crippen molar-refractivity contribution in [3.8, 4) is 34.0 Å². The van der Waals surface area contributed by atoms with Gasteiger partial charge in [-0.2, -0.15) is 5.10 Å². The summed E-state index contributed by atoms with van der Waals surface area (Å²) in [6.07, 6.45) is 12.0. The summed E-state index contributed by atoms with van der Waals surface area (Å²) in [7, 11) is 1.87. The SMILES string of the molecule is C=C(C)C(=O)N1CC2(CC=C(c3sc4c(-c5cnn(C)c5)cnc(N)c4c3-c3ccc(Oc4nccc(C)n4)c(F)c3)CC2)C1. The maximum absolute atomic E-state index is 15.7. The van der Waals surface area contributed by atoms with Crippen LogP contribution in [-0.4, -0.2) is 48.6 Å². The maximum Gasteiger partial charge on any atom is 0.322 e. The van der Waals surface area contributed by atoms with Crippen molar-refractivity contribution < 1.29 is 13.9 Å². The average Bonchev–Trinajstić information content (AvgIpc) is 3.61. The van der Waals surface area contributed by atoms with Crippen LogP contribution in [0.4, 0.5) is 10.2 Å². The van der Waals surface area contributed by atoms with Crippen molar-refractivity contribution in [3.63, 3.8) is 0 Å². The number of nitrogens with two attached hydrogens (primary N) is 1. The number of nitrogen functional groups attached to an aromatic ring is 1. The fraction of sp³-hybridized carbons (Fsp3) is 0.265. The molecule has 11 heteroatoms. The second kappa shape index (κ2) is 10.9. The van der Waals surface area contributed by atoms with Gasteiger partial charge in [0.25, 0.3) is 0 Å². The van der Waals surface area contributed by atoms with E-state index in [1.54, 1.807) is 47.5 Å². The number of likely N-dealkylation sites (tertiary alicyclic amines) is 1. The number of hydrogen-bond donors (Lipinski definition) is 1. The minimum atomic E-state index is -0.536. The number of allylic oxidation sites excluding steroid dienone is 2. The van der Waals surface area contributed by atoms with Crippen molar-refractivity contribution >= 4 is 38.7 Å². The molecule has 1 aromatic carbocycles. The van der Waals surface area contributed by atoms with Gasteiger partial charge < -0.3 is 15.4 Å². The molecular formula is C34H32FN7O2S. The summed E-state index contributed by atoms with van der Waals surface area (Å²) in [6, 6.07) is 6.75. The summed E-state index contributed by atoms with van der Waals surface area (Å²) in [6.45, 7) is 8.86. The van der Waals surface area contributed by atoms with Gasteiger partial charge in [0.2, 0.25) is 5.91 Å². The van der Waals surface area contributed by atoms with E-state index in [4.69, 9.17) is 10.5 Å². The third-order valence-corrected chi connectivity index (χ3v) is 9.95. The number of ether oxygens (including phenoxy) is 1. The van der Waals surface area contributed by atoms with E-state index < -0.39 is 5.82 Å². The molecule has 7 rings (SSSR count). The Morgan fingerprint density at radius 2 is 2.00 bits per heavy atom. The van der Waals surface area contributed by atoms with Crippen LogP contribution in [0.3, 0.4) is 0 Å². The fourth-order valence-corrected chi connectivity index (χ4v) is 7.75. The van der Waals surface area contributed by atoms with Crippen LogP contribution in [0.1, 0.15) is 36.8 Å². The van der Waals surface area contributed by atoms with Gasteiger partial charge in [0, 0.05) is 87.1 Å². The number of nitrogens with zero attached hydrogens (tertiary/aromatic N) is 6. The first-order valence-corrected chi connectivity index (χ1v) is 15.5. The number of pyridine rings is 1. The molecule has 4 aromatic heterocycles. The molecule has 5 aromatic rings. The molecule has 0 radical (unpaired) electrons. The number of fused-ring (bicyclic) bond motifs is 1. The van der Waals surface area contributed by atoms with Crippen LogP contribution in [0, 0.1) is 18.2 Å². The quantitative estimate of drug-likeness (QED) is 0.204. The van der Waals surface area contributed by atoms with Gasteiger partial charge in [-0.3, -0.25) is 9.48 Å². The number of amides is 1. The molecule has 0 saturated carbocycles. The molecule has 45 heavy (non-hydrogen) atoms. The predicted octanol–water partition coefficient (Wildman–Crippen LogP) is 6.95. The number of aryl methyl sites for hydroxylation is 2. The van der Waals surface area contributed by atoms with Crippen LogP contribution in [0.2, 0.25) is 0 Å². The van der Waals surface area contributed by atoms with Crippen LogP contribution in [0.15, 0.2) is 67.3 Å². The molecule has 1 saturated heterocycles. The third-order valence-electron chi connectivity index (χ3n) is 8.65. The Balaban J connectivity index is 1.31. The van der Waals surface area contributed by atoms with Crippen molar-refractivity contribution in [1.29, 1.82) is 0 Å². The van der Waals surface area contributed by atoms with Gasteiger partial charge in [-0.05, 0) is 62.4 Å². The summed E-state index contributed by atoms with van der Waals surface area (Å²) in [5.74, 6) is -0.0993. The molecule has 2 N–H and O–H groups in total. The standard InChI is InChI=1S/C34H32FN7O2S/c1-19(2)32(43)42-17-34(18-42)10-7-21(8-11-34)29-27(22-5-6-26(25(35)13-22)44-33-37-12-9-20(3)40-33)28-30(45-29)24(15-38-31(28)36)23-14-39-41(4)16-23/h5-7,9,12-16H,1,8,10-11,17-18H2,2-4H3,(H2,36,38). The highest BCUT2D eigenvalue weighted by Gasteiger charge is 2.45. The minimum Gasteiger partial charge on any atom is -0.421 e. The van der Waals surface area contributed by atoms with E-state index in [2.05, 4.69) is 32.7 Å². The zero-order chi connectivity index (χ0) is 31.5. The Morgan fingerprint density at radius 1 is 1.18 bits per heavy atom. The van der Waals surface area contributed by atoms with Gasteiger partial charge >= 0.3 is 6.01 Å². The second-order valence-corrected chi connectivity index (χ2v) is 13.1. The normalized spacial score (nSPS) is 15.6. The summed E-state index contributed by atoms with van der Waals surface area (Å²) in [4.78, 5) is 28.3. The van der Waals surface area contributed by atoms with E-state index >= 15 is 4.39 Å². The molecule has 9 nitrogen and oxygen atoms in total.